The summed E-state index contributed by atoms with van der Waals surface area (Å²) in [5, 5.41) is 2.77. The van der Waals surface area contributed by atoms with Crippen LogP contribution in [0.5, 0.6) is 0 Å². The van der Waals surface area contributed by atoms with Gasteiger partial charge in [-0.05, 0) is 12.3 Å². The van der Waals surface area contributed by atoms with Crippen LogP contribution < -0.4 is 5.32 Å². The first-order valence-electron chi connectivity index (χ1n) is 6.96. The first-order chi connectivity index (χ1) is 9.36. The quantitative estimate of drug-likeness (QED) is 0.687. The van der Waals surface area contributed by atoms with Gasteiger partial charge in [-0.3, -0.25) is 14.4 Å². The lowest BCUT2D eigenvalue weighted by molar-refractivity contribution is -0.146. The van der Waals surface area contributed by atoms with Crippen LogP contribution in [-0.2, 0) is 19.1 Å². The Morgan fingerprint density at radius 3 is 2.50 bits per heavy atom. The molecule has 0 saturated heterocycles. The molecule has 20 heavy (non-hydrogen) atoms. The van der Waals surface area contributed by atoms with Gasteiger partial charge in [0.15, 0.2) is 0 Å². The van der Waals surface area contributed by atoms with Crippen LogP contribution >= 0.6 is 0 Å². The van der Waals surface area contributed by atoms with E-state index in [0.717, 1.165) is 6.42 Å². The molecule has 1 rings (SSSR count). The topological polar surface area (TPSA) is 75.7 Å². The molecule has 0 spiro atoms. The van der Waals surface area contributed by atoms with E-state index in [9.17, 15) is 14.4 Å². The number of methoxy groups -OCH3 is 1. The summed E-state index contributed by atoms with van der Waals surface area (Å²) in [6.45, 7) is 4.42. The Kier molecular flexibility index (Phi) is 5.98. The van der Waals surface area contributed by atoms with Crippen LogP contribution in [0.4, 0.5) is 0 Å². The Morgan fingerprint density at radius 1 is 1.40 bits per heavy atom. The van der Waals surface area contributed by atoms with Crippen LogP contribution in [-0.4, -0.2) is 49.9 Å². The monoisotopic (exact) mass is 284 g/mol. The number of nitrogens with zero attached hydrogens (tertiary/aromatic N) is 1. The number of carbonyl (C=O) groups excluding carboxylic acids is 3. The molecular weight excluding hydrogens is 260 g/mol. The molecule has 0 aromatic heterocycles. The van der Waals surface area contributed by atoms with Crippen molar-refractivity contribution in [1.82, 2.24) is 10.2 Å². The average molecular weight is 284 g/mol. The summed E-state index contributed by atoms with van der Waals surface area (Å²) in [5.41, 5.74) is 0. The zero-order valence-corrected chi connectivity index (χ0v) is 12.6. The minimum Gasteiger partial charge on any atom is -0.469 e. The Hall–Kier alpha value is -1.59. The lowest BCUT2D eigenvalue weighted by Crippen LogP contribution is -2.36. The number of esters is 1. The zero-order valence-electron chi connectivity index (χ0n) is 12.6. The molecule has 1 fully saturated rings. The molecule has 0 bridgehead atoms. The molecule has 0 aromatic rings. The second kappa shape index (κ2) is 7.26. The third kappa shape index (κ3) is 4.83. The summed E-state index contributed by atoms with van der Waals surface area (Å²) in [6, 6.07) is 0. The highest BCUT2D eigenvalue weighted by Gasteiger charge is 2.38. The summed E-state index contributed by atoms with van der Waals surface area (Å²) < 4.78 is 4.61. The van der Waals surface area contributed by atoms with Crippen molar-refractivity contribution in [3.63, 3.8) is 0 Å². The molecule has 6 nitrogen and oxygen atoms in total. The molecule has 1 saturated carbocycles. The highest BCUT2D eigenvalue weighted by molar-refractivity contribution is 5.82. The molecule has 114 valence electrons. The Labute approximate surface area is 119 Å². The van der Waals surface area contributed by atoms with Gasteiger partial charge in [0.25, 0.3) is 0 Å². The van der Waals surface area contributed by atoms with E-state index in [0.29, 0.717) is 19.0 Å². The van der Waals surface area contributed by atoms with E-state index in [1.165, 1.54) is 12.0 Å². The van der Waals surface area contributed by atoms with Crippen LogP contribution in [0.3, 0.4) is 0 Å². The Bertz CT molecular complexity index is 383. The lowest BCUT2D eigenvalue weighted by Gasteiger charge is -2.20. The van der Waals surface area contributed by atoms with E-state index in [-0.39, 0.29) is 36.0 Å². The van der Waals surface area contributed by atoms with Crippen LogP contribution in [0.2, 0.25) is 0 Å². The highest BCUT2D eigenvalue weighted by atomic mass is 16.5. The number of nitrogens with one attached hydrogen (secondary N) is 1. The lowest BCUT2D eigenvalue weighted by atomic mass is 10.1. The van der Waals surface area contributed by atoms with Gasteiger partial charge in [-0.15, -0.1) is 0 Å². The highest BCUT2D eigenvalue weighted by Crippen LogP contribution is 2.37. The first kappa shape index (κ1) is 16.5. The fourth-order valence-electron chi connectivity index (χ4n) is 2.09. The minimum atomic E-state index is -0.351. The maximum absolute atomic E-state index is 11.8. The third-order valence-corrected chi connectivity index (χ3v) is 3.66. The Morgan fingerprint density at radius 2 is 2.00 bits per heavy atom. The minimum absolute atomic E-state index is 0.0379. The molecule has 1 aliphatic rings. The summed E-state index contributed by atoms with van der Waals surface area (Å²) in [5.74, 6) is -0.145. The van der Waals surface area contributed by atoms with Gasteiger partial charge >= 0.3 is 5.97 Å². The van der Waals surface area contributed by atoms with Crippen molar-refractivity contribution in [1.29, 1.82) is 0 Å². The zero-order chi connectivity index (χ0) is 15.3. The summed E-state index contributed by atoms with van der Waals surface area (Å²) in [4.78, 5) is 36.2. The van der Waals surface area contributed by atoms with E-state index >= 15 is 0 Å². The predicted molar refractivity (Wildman–Crippen MR) is 73.7 cm³/mol. The van der Waals surface area contributed by atoms with Crippen LogP contribution in [0, 0.1) is 17.8 Å². The molecule has 0 radical (unpaired) electrons. The Balaban J connectivity index is 2.21. The number of ether oxygens (including phenoxy) is 1. The van der Waals surface area contributed by atoms with E-state index < -0.39 is 0 Å². The normalized spacial score (nSPS) is 21.8. The van der Waals surface area contributed by atoms with Crippen molar-refractivity contribution in [3.8, 4) is 0 Å². The van der Waals surface area contributed by atoms with Crippen molar-refractivity contribution in [2.24, 2.45) is 17.8 Å². The fourth-order valence-corrected chi connectivity index (χ4v) is 2.09. The molecule has 1 N–H and O–H groups in total. The molecule has 6 heteroatoms. The van der Waals surface area contributed by atoms with Crippen LogP contribution in [0.15, 0.2) is 0 Å². The molecule has 2 amide bonds. The van der Waals surface area contributed by atoms with Gasteiger partial charge in [-0.1, -0.05) is 13.8 Å². The number of hydrogen-bond acceptors (Lipinski definition) is 4. The summed E-state index contributed by atoms with van der Waals surface area (Å²) >= 11 is 0. The van der Waals surface area contributed by atoms with Gasteiger partial charge in [-0.2, -0.15) is 0 Å². The molecule has 0 heterocycles. The molecule has 3 atom stereocenters. The molecule has 3 unspecified atom stereocenters. The number of carbonyl (C=O) groups is 3. The van der Waals surface area contributed by atoms with E-state index in [1.54, 1.807) is 14.0 Å². The SMILES string of the molecule is COC(=O)C(C)CN(C)C(=O)CCNC(=O)C1CC1C. The number of hydrogen-bond donors (Lipinski definition) is 1. The van der Waals surface area contributed by atoms with E-state index in [2.05, 4.69) is 10.1 Å². The average Bonchev–Trinajstić information content (AvgIpc) is 3.14. The largest absolute Gasteiger partial charge is 0.469 e. The fraction of sp³-hybridized carbons (Fsp3) is 0.786. The molecule has 0 aromatic carbocycles. The second-order valence-corrected chi connectivity index (χ2v) is 5.56. The van der Waals surface area contributed by atoms with Crippen molar-refractivity contribution in [2.45, 2.75) is 26.7 Å². The van der Waals surface area contributed by atoms with Gasteiger partial charge < -0.3 is 15.0 Å². The van der Waals surface area contributed by atoms with Gasteiger partial charge in [0.2, 0.25) is 11.8 Å². The van der Waals surface area contributed by atoms with Gasteiger partial charge in [0.1, 0.15) is 0 Å². The summed E-state index contributed by atoms with van der Waals surface area (Å²) in [6.07, 6.45) is 1.19. The van der Waals surface area contributed by atoms with Gasteiger partial charge in [-0.25, -0.2) is 0 Å². The smallest absolute Gasteiger partial charge is 0.310 e. The summed E-state index contributed by atoms with van der Waals surface area (Å²) in [7, 11) is 2.97. The number of rotatable bonds is 7. The van der Waals surface area contributed by atoms with Crippen molar-refractivity contribution in [3.05, 3.63) is 0 Å². The maximum Gasteiger partial charge on any atom is 0.310 e. The number of amides is 2. The third-order valence-electron chi connectivity index (χ3n) is 3.66. The predicted octanol–water partition coefficient (Wildman–Crippen LogP) is 0.416. The van der Waals surface area contributed by atoms with E-state index in [1.807, 2.05) is 6.92 Å². The molecular formula is C14H24N2O4. The maximum atomic E-state index is 11.8. The molecule has 0 aliphatic heterocycles. The standard InChI is InChI=1S/C14H24N2O4/c1-9-7-11(9)13(18)15-6-5-12(17)16(3)8-10(2)14(19)20-4/h9-11H,5-8H2,1-4H3,(H,15,18). The van der Waals surface area contributed by atoms with Crippen LogP contribution in [0.1, 0.15) is 26.7 Å². The second-order valence-electron chi connectivity index (χ2n) is 5.56. The van der Waals surface area contributed by atoms with E-state index in [4.69, 9.17) is 0 Å². The van der Waals surface area contributed by atoms with Gasteiger partial charge in [0.05, 0.1) is 13.0 Å². The first-order valence-corrected chi connectivity index (χ1v) is 6.96. The van der Waals surface area contributed by atoms with Crippen molar-refractivity contribution >= 4 is 17.8 Å². The van der Waals surface area contributed by atoms with Gasteiger partial charge in [0, 0.05) is 32.5 Å². The molecule has 1 aliphatic carbocycles. The van der Waals surface area contributed by atoms with Crippen LogP contribution in [0.25, 0.3) is 0 Å². The van der Waals surface area contributed by atoms with Crippen molar-refractivity contribution in [2.75, 3.05) is 27.2 Å². The van der Waals surface area contributed by atoms with Crippen molar-refractivity contribution < 1.29 is 19.1 Å².